The Hall–Kier alpha value is -0.240. The van der Waals surface area contributed by atoms with Crippen LogP contribution in [-0.2, 0) is 4.74 Å². The smallest absolute Gasteiger partial charge is 0.186 e. The minimum atomic E-state index is -1.69. The van der Waals surface area contributed by atoms with Gasteiger partial charge in [-0.25, -0.2) is 0 Å². The maximum Gasteiger partial charge on any atom is 0.186 e. The molecule has 0 aliphatic carbocycles. The average Bonchev–Trinajstić information content (AvgIpc) is 2.02. The van der Waals surface area contributed by atoms with E-state index in [1.165, 1.54) is 0 Å². The Morgan fingerprint density at radius 3 is 2.00 bits per heavy atom. The van der Waals surface area contributed by atoms with Crippen molar-refractivity contribution in [2.75, 3.05) is 13.4 Å². The van der Waals surface area contributed by atoms with Crippen molar-refractivity contribution in [2.45, 2.75) is 18.5 Å². The molecule has 6 nitrogen and oxygen atoms in total. The maximum absolute atomic E-state index is 8.82. The average molecular weight is 168 g/mol. The topological polar surface area (TPSA) is 110 Å². The number of aliphatic hydroxyl groups is 5. The fourth-order valence-corrected chi connectivity index (χ4v) is 0.473. The molecule has 0 aromatic rings. The molecule has 0 aromatic heterocycles. The summed E-state index contributed by atoms with van der Waals surface area (Å²) in [6.07, 6.45) is -4.79. The zero-order chi connectivity index (χ0) is 8.85. The molecule has 3 unspecified atom stereocenters. The Morgan fingerprint density at radius 1 is 1.09 bits per heavy atom. The van der Waals surface area contributed by atoms with Gasteiger partial charge in [0.15, 0.2) is 6.29 Å². The van der Waals surface area contributed by atoms with Crippen molar-refractivity contribution >= 4 is 0 Å². The molecule has 0 saturated carbocycles. The van der Waals surface area contributed by atoms with Crippen molar-refractivity contribution in [3.05, 3.63) is 0 Å². The summed E-state index contributed by atoms with van der Waals surface area (Å²) in [5, 5.41) is 42.6. The summed E-state index contributed by atoms with van der Waals surface area (Å²) in [5.41, 5.74) is 0. The van der Waals surface area contributed by atoms with E-state index in [1.807, 2.05) is 0 Å². The molecule has 6 heteroatoms. The van der Waals surface area contributed by atoms with E-state index in [0.717, 1.165) is 0 Å². The Labute approximate surface area is 63.3 Å². The Morgan fingerprint density at radius 2 is 1.64 bits per heavy atom. The Bertz CT molecular complexity index is 97.0. The van der Waals surface area contributed by atoms with Crippen molar-refractivity contribution in [3.63, 3.8) is 0 Å². The van der Waals surface area contributed by atoms with Crippen LogP contribution in [0, 0.1) is 0 Å². The highest BCUT2D eigenvalue weighted by atomic mass is 16.7. The zero-order valence-electron chi connectivity index (χ0n) is 5.79. The van der Waals surface area contributed by atoms with Crippen LogP contribution < -0.4 is 0 Å². The van der Waals surface area contributed by atoms with E-state index in [1.54, 1.807) is 0 Å². The molecule has 0 aliphatic rings. The molecule has 0 bridgehead atoms. The predicted octanol–water partition coefficient (Wildman–Crippen LogP) is -3.01. The number of hydrogen-bond donors (Lipinski definition) is 5. The van der Waals surface area contributed by atoms with Crippen LogP contribution in [-0.4, -0.2) is 57.4 Å². The molecule has 0 spiro atoms. The van der Waals surface area contributed by atoms with Gasteiger partial charge in [0.25, 0.3) is 0 Å². The van der Waals surface area contributed by atoms with Gasteiger partial charge in [0.2, 0.25) is 0 Å². The summed E-state index contributed by atoms with van der Waals surface area (Å²) in [5.74, 6) is 0. The lowest BCUT2D eigenvalue weighted by Gasteiger charge is -2.20. The quantitative estimate of drug-likeness (QED) is 0.279. The highest BCUT2D eigenvalue weighted by Gasteiger charge is 2.24. The molecule has 0 heterocycles. The van der Waals surface area contributed by atoms with Gasteiger partial charge in [-0.2, -0.15) is 0 Å². The summed E-state index contributed by atoms with van der Waals surface area (Å²) in [6, 6.07) is 0. The molecule has 0 aliphatic heterocycles. The summed E-state index contributed by atoms with van der Waals surface area (Å²) in [4.78, 5) is 0. The van der Waals surface area contributed by atoms with Crippen molar-refractivity contribution in [1.82, 2.24) is 0 Å². The van der Waals surface area contributed by atoms with Gasteiger partial charge in [0.05, 0.1) is 6.61 Å². The summed E-state index contributed by atoms with van der Waals surface area (Å²) in [7, 11) is 0. The van der Waals surface area contributed by atoms with E-state index < -0.39 is 31.9 Å². The third-order valence-corrected chi connectivity index (χ3v) is 1.12. The van der Waals surface area contributed by atoms with Crippen LogP contribution in [0.15, 0.2) is 0 Å². The molecule has 5 N–H and O–H groups in total. The van der Waals surface area contributed by atoms with E-state index >= 15 is 0 Å². The van der Waals surface area contributed by atoms with Crippen LogP contribution in [0.5, 0.6) is 0 Å². The molecular formula is C5H12O6. The van der Waals surface area contributed by atoms with Gasteiger partial charge in [0.1, 0.15) is 19.0 Å². The number of aliphatic hydroxyl groups excluding tert-OH is 5. The largest absolute Gasteiger partial charge is 0.394 e. The van der Waals surface area contributed by atoms with Crippen LogP contribution in [0.2, 0.25) is 0 Å². The van der Waals surface area contributed by atoms with Crippen molar-refractivity contribution in [3.8, 4) is 0 Å². The second-order valence-corrected chi connectivity index (χ2v) is 1.93. The maximum atomic E-state index is 8.82. The first-order chi connectivity index (χ1) is 5.13. The van der Waals surface area contributed by atoms with Crippen molar-refractivity contribution < 1.29 is 30.3 Å². The van der Waals surface area contributed by atoms with E-state index in [2.05, 4.69) is 4.74 Å². The molecule has 0 fully saturated rings. The van der Waals surface area contributed by atoms with Crippen LogP contribution >= 0.6 is 0 Å². The Kier molecular flexibility index (Phi) is 5.30. The van der Waals surface area contributed by atoms with Gasteiger partial charge in [-0.1, -0.05) is 0 Å². The SMILES string of the molecule is OCOC(O)C(O)C(O)CO. The van der Waals surface area contributed by atoms with Crippen LogP contribution in [0.3, 0.4) is 0 Å². The molecular weight excluding hydrogens is 156 g/mol. The highest BCUT2D eigenvalue weighted by molar-refractivity contribution is 4.67. The van der Waals surface area contributed by atoms with Gasteiger partial charge in [-0.05, 0) is 0 Å². The summed E-state index contributed by atoms with van der Waals surface area (Å²) >= 11 is 0. The molecule has 11 heavy (non-hydrogen) atoms. The second kappa shape index (κ2) is 5.42. The normalized spacial score (nSPS) is 19.4. The second-order valence-electron chi connectivity index (χ2n) is 1.93. The van der Waals surface area contributed by atoms with Gasteiger partial charge >= 0.3 is 0 Å². The molecule has 0 rings (SSSR count). The summed E-state index contributed by atoms with van der Waals surface area (Å²) < 4.78 is 4.12. The third kappa shape index (κ3) is 3.61. The van der Waals surface area contributed by atoms with Crippen molar-refractivity contribution in [1.29, 1.82) is 0 Å². The highest BCUT2D eigenvalue weighted by Crippen LogP contribution is 2.00. The van der Waals surface area contributed by atoms with Gasteiger partial charge < -0.3 is 30.3 Å². The minimum Gasteiger partial charge on any atom is -0.394 e. The molecule has 0 saturated heterocycles. The first-order valence-corrected chi connectivity index (χ1v) is 3.01. The zero-order valence-corrected chi connectivity index (χ0v) is 5.79. The van der Waals surface area contributed by atoms with Gasteiger partial charge in [0, 0.05) is 0 Å². The third-order valence-electron chi connectivity index (χ3n) is 1.12. The lowest BCUT2D eigenvalue weighted by molar-refractivity contribution is -0.219. The molecule has 0 amide bonds. The number of ether oxygens (including phenoxy) is 1. The van der Waals surface area contributed by atoms with E-state index in [4.69, 9.17) is 25.5 Å². The summed E-state index contributed by atoms with van der Waals surface area (Å²) in [6.45, 7) is -1.45. The molecule has 68 valence electrons. The van der Waals surface area contributed by atoms with Gasteiger partial charge in [-0.3, -0.25) is 0 Å². The van der Waals surface area contributed by atoms with E-state index in [9.17, 15) is 0 Å². The Balaban J connectivity index is 3.70. The van der Waals surface area contributed by atoms with Gasteiger partial charge in [-0.15, -0.1) is 0 Å². The first kappa shape index (κ1) is 10.8. The lowest BCUT2D eigenvalue weighted by atomic mass is 10.2. The number of rotatable bonds is 5. The monoisotopic (exact) mass is 168 g/mol. The molecule has 0 radical (unpaired) electrons. The van der Waals surface area contributed by atoms with E-state index in [-0.39, 0.29) is 0 Å². The fourth-order valence-electron chi connectivity index (χ4n) is 0.473. The first-order valence-electron chi connectivity index (χ1n) is 3.01. The predicted molar refractivity (Wildman–Crippen MR) is 33.3 cm³/mol. The van der Waals surface area contributed by atoms with Crippen molar-refractivity contribution in [2.24, 2.45) is 0 Å². The minimum absolute atomic E-state index is 0.687. The molecule has 3 atom stereocenters. The van der Waals surface area contributed by atoms with Crippen LogP contribution in [0.1, 0.15) is 0 Å². The standard InChI is InChI=1S/C5H12O6/c6-1-3(8)4(9)5(10)11-2-7/h3-10H,1-2H2. The molecule has 0 aromatic carbocycles. The van der Waals surface area contributed by atoms with E-state index in [0.29, 0.717) is 0 Å². The fraction of sp³-hybridized carbons (Fsp3) is 1.00. The number of hydrogen-bond acceptors (Lipinski definition) is 6. The van der Waals surface area contributed by atoms with Crippen LogP contribution in [0.25, 0.3) is 0 Å². The van der Waals surface area contributed by atoms with Crippen LogP contribution in [0.4, 0.5) is 0 Å². The lowest BCUT2D eigenvalue weighted by Crippen LogP contribution is -2.41.